The smallest absolute Gasteiger partial charge is 0.225 e. The summed E-state index contributed by atoms with van der Waals surface area (Å²) in [5.74, 6) is 0.872. The first-order valence-corrected chi connectivity index (χ1v) is 7.49. The van der Waals surface area contributed by atoms with E-state index in [1.165, 1.54) is 11.8 Å². The average Bonchev–Trinajstić information content (AvgIpc) is 2.92. The fourth-order valence-electron chi connectivity index (χ4n) is 2.17. The molecular formula is C17H21N3O3. The molecule has 122 valence electrons. The van der Waals surface area contributed by atoms with Crippen molar-refractivity contribution in [3.63, 3.8) is 0 Å². The van der Waals surface area contributed by atoms with Crippen molar-refractivity contribution in [2.45, 2.75) is 27.2 Å². The summed E-state index contributed by atoms with van der Waals surface area (Å²) < 4.78 is 4.98. The Kier molecular flexibility index (Phi) is 5.51. The molecule has 0 aliphatic carbocycles. The van der Waals surface area contributed by atoms with Gasteiger partial charge in [-0.2, -0.15) is 0 Å². The lowest BCUT2D eigenvalue weighted by Crippen LogP contribution is -2.38. The first-order valence-electron chi connectivity index (χ1n) is 7.49. The fraction of sp³-hybridized carbons (Fsp3) is 0.353. The van der Waals surface area contributed by atoms with E-state index in [-0.39, 0.29) is 11.8 Å². The first kappa shape index (κ1) is 16.7. The van der Waals surface area contributed by atoms with Crippen molar-refractivity contribution in [3.05, 3.63) is 47.2 Å². The molecule has 0 spiro atoms. The topological polar surface area (TPSA) is 75.4 Å². The molecule has 1 aromatic heterocycles. The third-order valence-corrected chi connectivity index (χ3v) is 3.42. The predicted molar refractivity (Wildman–Crippen MR) is 87.2 cm³/mol. The molecule has 2 rings (SSSR count). The largest absolute Gasteiger partial charge is 0.360 e. The van der Waals surface area contributed by atoms with Crippen molar-refractivity contribution in [1.29, 1.82) is 0 Å². The number of hydrogen-bond acceptors (Lipinski definition) is 4. The van der Waals surface area contributed by atoms with Gasteiger partial charge in [0.1, 0.15) is 5.76 Å². The van der Waals surface area contributed by atoms with Crippen LogP contribution < -0.4 is 10.2 Å². The average molecular weight is 315 g/mol. The zero-order valence-electron chi connectivity index (χ0n) is 13.6. The molecule has 0 unspecified atom stereocenters. The quantitative estimate of drug-likeness (QED) is 0.884. The van der Waals surface area contributed by atoms with Gasteiger partial charge in [0.2, 0.25) is 11.8 Å². The minimum absolute atomic E-state index is 0.0753. The number of nitrogens with one attached hydrogen (secondary N) is 1. The Hall–Kier alpha value is -2.63. The Morgan fingerprint density at radius 3 is 2.48 bits per heavy atom. The minimum atomic E-state index is -0.147. The van der Waals surface area contributed by atoms with Crippen LogP contribution in [0.4, 0.5) is 5.82 Å². The van der Waals surface area contributed by atoms with Crippen molar-refractivity contribution in [2.24, 2.45) is 0 Å². The molecule has 0 bridgehead atoms. The van der Waals surface area contributed by atoms with Gasteiger partial charge in [-0.3, -0.25) is 14.5 Å². The van der Waals surface area contributed by atoms with Gasteiger partial charge in [-0.05, 0) is 19.4 Å². The third-order valence-electron chi connectivity index (χ3n) is 3.42. The van der Waals surface area contributed by atoms with E-state index in [9.17, 15) is 9.59 Å². The Bertz CT molecular complexity index is 677. The highest BCUT2D eigenvalue weighted by atomic mass is 16.5. The summed E-state index contributed by atoms with van der Waals surface area (Å²) in [5.41, 5.74) is 2.12. The summed E-state index contributed by atoms with van der Waals surface area (Å²) in [6, 6.07) is 9.53. The lowest BCUT2D eigenvalue weighted by molar-refractivity contribution is -0.121. The molecule has 2 aromatic rings. The van der Waals surface area contributed by atoms with E-state index in [1.54, 1.807) is 13.0 Å². The summed E-state index contributed by atoms with van der Waals surface area (Å²) in [6.45, 7) is 5.93. The minimum Gasteiger partial charge on any atom is -0.360 e. The number of carbonyl (C=O) groups excluding carboxylic acids is 2. The molecule has 0 fully saturated rings. The van der Waals surface area contributed by atoms with Crippen LogP contribution in [0.1, 0.15) is 23.8 Å². The number of anilines is 1. The second kappa shape index (κ2) is 7.58. The maximum absolute atomic E-state index is 11.9. The predicted octanol–water partition coefficient (Wildman–Crippen LogP) is 2.00. The summed E-state index contributed by atoms with van der Waals surface area (Å²) in [4.78, 5) is 25.1. The van der Waals surface area contributed by atoms with Crippen LogP contribution >= 0.6 is 0 Å². The highest BCUT2D eigenvalue weighted by Gasteiger charge is 2.15. The molecule has 0 saturated carbocycles. The van der Waals surface area contributed by atoms with Crippen LogP contribution in [0.2, 0.25) is 0 Å². The van der Waals surface area contributed by atoms with Crippen LogP contribution in [-0.4, -0.2) is 30.1 Å². The Labute approximate surface area is 135 Å². The summed E-state index contributed by atoms with van der Waals surface area (Å²) in [6.07, 6.45) is 0.323. The van der Waals surface area contributed by atoms with Crippen LogP contribution in [0.25, 0.3) is 0 Å². The molecule has 1 aromatic carbocycles. The van der Waals surface area contributed by atoms with E-state index in [2.05, 4.69) is 10.5 Å². The second-order valence-corrected chi connectivity index (χ2v) is 5.48. The second-order valence-electron chi connectivity index (χ2n) is 5.48. The van der Waals surface area contributed by atoms with Crippen molar-refractivity contribution >= 4 is 17.6 Å². The van der Waals surface area contributed by atoms with Gasteiger partial charge in [-0.25, -0.2) is 0 Å². The van der Waals surface area contributed by atoms with Crippen LogP contribution in [0, 0.1) is 13.8 Å². The number of hydrogen-bond donors (Lipinski definition) is 1. The monoisotopic (exact) mass is 315 g/mol. The molecule has 6 nitrogen and oxygen atoms in total. The van der Waals surface area contributed by atoms with E-state index in [0.29, 0.717) is 31.1 Å². The van der Waals surface area contributed by atoms with Crippen LogP contribution in [0.15, 0.2) is 34.9 Å². The molecule has 23 heavy (non-hydrogen) atoms. The molecule has 0 aliphatic heterocycles. The number of rotatable bonds is 6. The van der Waals surface area contributed by atoms with Crippen molar-refractivity contribution in [3.8, 4) is 0 Å². The SMILES string of the molecule is CC(=O)N(CCNC(=O)Cc1ccc(C)cc1)c1cc(C)on1. The van der Waals surface area contributed by atoms with Crippen LogP contribution in [-0.2, 0) is 16.0 Å². The molecule has 0 atom stereocenters. The molecule has 0 radical (unpaired) electrons. The molecule has 0 aliphatic rings. The summed E-state index contributed by atoms with van der Waals surface area (Å²) in [5, 5.41) is 6.64. The molecule has 6 heteroatoms. The Morgan fingerprint density at radius 1 is 1.22 bits per heavy atom. The normalized spacial score (nSPS) is 10.4. The van der Waals surface area contributed by atoms with Crippen molar-refractivity contribution < 1.29 is 14.1 Å². The summed E-state index contributed by atoms with van der Waals surface area (Å²) >= 11 is 0. The zero-order chi connectivity index (χ0) is 16.8. The number of aryl methyl sites for hydroxylation is 2. The van der Waals surface area contributed by atoms with Gasteiger partial charge in [0, 0.05) is 26.1 Å². The maximum Gasteiger partial charge on any atom is 0.225 e. The summed E-state index contributed by atoms with van der Waals surface area (Å²) in [7, 11) is 0. The highest BCUT2D eigenvalue weighted by Crippen LogP contribution is 2.13. The van der Waals surface area contributed by atoms with E-state index >= 15 is 0 Å². The maximum atomic E-state index is 11.9. The molecule has 1 heterocycles. The number of carbonyl (C=O) groups is 2. The van der Waals surface area contributed by atoms with Gasteiger partial charge in [0.05, 0.1) is 6.42 Å². The standard InChI is InChI=1S/C17H21N3O3/c1-12-4-6-15(7-5-12)11-17(22)18-8-9-20(14(3)21)16-10-13(2)23-19-16/h4-7,10H,8-9,11H2,1-3H3,(H,18,22). The van der Waals surface area contributed by atoms with E-state index in [0.717, 1.165) is 11.1 Å². The molecule has 1 N–H and O–H groups in total. The number of benzene rings is 1. The molecule has 0 saturated heterocycles. The Balaban J connectivity index is 1.83. The fourth-order valence-corrected chi connectivity index (χ4v) is 2.17. The van der Waals surface area contributed by atoms with E-state index < -0.39 is 0 Å². The van der Waals surface area contributed by atoms with Gasteiger partial charge in [-0.15, -0.1) is 0 Å². The van der Waals surface area contributed by atoms with Gasteiger partial charge in [-0.1, -0.05) is 35.0 Å². The van der Waals surface area contributed by atoms with Gasteiger partial charge in [0.15, 0.2) is 5.82 Å². The van der Waals surface area contributed by atoms with Crippen molar-refractivity contribution in [1.82, 2.24) is 10.5 Å². The zero-order valence-corrected chi connectivity index (χ0v) is 13.6. The number of nitrogens with zero attached hydrogens (tertiary/aromatic N) is 2. The molecule has 2 amide bonds. The first-order chi connectivity index (χ1) is 11.0. The lowest BCUT2D eigenvalue weighted by atomic mass is 10.1. The van der Waals surface area contributed by atoms with Crippen LogP contribution in [0.5, 0.6) is 0 Å². The number of aromatic nitrogens is 1. The van der Waals surface area contributed by atoms with Gasteiger partial charge in [0.25, 0.3) is 0 Å². The van der Waals surface area contributed by atoms with Gasteiger partial charge >= 0.3 is 0 Å². The third kappa shape index (κ3) is 4.95. The van der Waals surface area contributed by atoms with E-state index in [4.69, 9.17) is 4.52 Å². The molecular weight excluding hydrogens is 294 g/mol. The Morgan fingerprint density at radius 2 is 1.91 bits per heavy atom. The van der Waals surface area contributed by atoms with Crippen LogP contribution in [0.3, 0.4) is 0 Å². The van der Waals surface area contributed by atoms with Gasteiger partial charge < -0.3 is 9.84 Å². The highest BCUT2D eigenvalue weighted by molar-refractivity contribution is 5.90. The number of amides is 2. The van der Waals surface area contributed by atoms with E-state index in [1.807, 2.05) is 31.2 Å². The van der Waals surface area contributed by atoms with Crippen molar-refractivity contribution in [2.75, 3.05) is 18.0 Å². The lowest BCUT2D eigenvalue weighted by Gasteiger charge is -2.17.